The zero-order valence-electron chi connectivity index (χ0n) is 26.8. The van der Waals surface area contributed by atoms with Crippen molar-refractivity contribution in [2.45, 2.75) is 32.5 Å². The monoisotopic (exact) mass is 654 g/mol. The molecule has 254 valence electrons. The summed E-state index contributed by atoms with van der Waals surface area (Å²) in [7, 11) is 1.82. The lowest BCUT2D eigenvalue weighted by molar-refractivity contribution is -0.385. The van der Waals surface area contributed by atoms with E-state index in [-0.39, 0.29) is 42.7 Å². The number of aromatic nitrogens is 3. The van der Waals surface area contributed by atoms with Crippen LogP contribution in [0.4, 0.5) is 11.5 Å². The number of amides is 1. The highest BCUT2D eigenvalue weighted by atomic mass is 16.7. The van der Waals surface area contributed by atoms with Crippen molar-refractivity contribution < 1.29 is 33.8 Å². The van der Waals surface area contributed by atoms with Crippen molar-refractivity contribution in [3.63, 3.8) is 0 Å². The van der Waals surface area contributed by atoms with Gasteiger partial charge >= 0.3 is 0 Å². The Bertz CT molecular complexity index is 1560. The van der Waals surface area contributed by atoms with E-state index in [0.29, 0.717) is 56.5 Å². The third-order valence-electron chi connectivity index (χ3n) is 7.75. The van der Waals surface area contributed by atoms with E-state index in [4.69, 9.17) is 24.1 Å². The summed E-state index contributed by atoms with van der Waals surface area (Å²) < 4.78 is 26.6. The second-order valence-electron chi connectivity index (χ2n) is 10.7. The number of allylic oxidation sites excluding steroid dienone is 1. The lowest BCUT2D eigenvalue weighted by atomic mass is 9.81. The van der Waals surface area contributed by atoms with Gasteiger partial charge in [-0.05, 0) is 44.5 Å². The number of hydrogen-bond acceptors (Lipinski definition) is 11. The van der Waals surface area contributed by atoms with Crippen LogP contribution < -0.4 is 16.2 Å². The Morgan fingerprint density at radius 2 is 1.85 bits per heavy atom. The van der Waals surface area contributed by atoms with Gasteiger partial charge in [0.1, 0.15) is 12.0 Å². The number of aliphatic hydroxyl groups is 1. The van der Waals surface area contributed by atoms with Gasteiger partial charge in [-0.25, -0.2) is 9.67 Å². The van der Waals surface area contributed by atoms with Gasteiger partial charge in [-0.3, -0.25) is 24.4 Å². The van der Waals surface area contributed by atoms with Crippen LogP contribution in [-0.2, 0) is 30.8 Å². The predicted octanol–water partition coefficient (Wildman–Crippen LogP) is 2.41. The van der Waals surface area contributed by atoms with Gasteiger partial charge in [-0.2, -0.15) is 0 Å². The first kappa shape index (κ1) is 35.3. The number of carbonyl (C=O) groups is 1. The topological polar surface area (TPSA) is 181 Å². The van der Waals surface area contributed by atoms with Gasteiger partial charge in [0.25, 0.3) is 17.2 Å². The molecule has 0 saturated carbocycles. The molecule has 1 aromatic carbocycles. The van der Waals surface area contributed by atoms with Gasteiger partial charge in [0.05, 0.1) is 37.0 Å². The fourth-order valence-electron chi connectivity index (χ4n) is 5.40. The van der Waals surface area contributed by atoms with Crippen LogP contribution in [0.25, 0.3) is 5.69 Å². The number of nitro groups is 1. The molecular formula is C32H42N6O9. The highest BCUT2D eigenvalue weighted by molar-refractivity contribution is 5.91. The van der Waals surface area contributed by atoms with Crippen LogP contribution in [0.15, 0.2) is 65.3 Å². The number of para-hydroxylation sites is 1. The molecule has 3 aromatic rings. The summed E-state index contributed by atoms with van der Waals surface area (Å²) in [5.41, 5.74) is 1.64. The number of rotatable bonds is 18. The van der Waals surface area contributed by atoms with Crippen molar-refractivity contribution in [1.82, 2.24) is 19.7 Å². The standard InChI is InChI=1S/C32H42N6O9/c1-4-46-32-25(12-16-44-18-19-45-17-15-39)26(29-22(2)36(3)37(31(29)41)23-8-6-5-7-9-23)20-27(47-32)30(40)34-14-13-33-28-11-10-24(21-35-28)38(42)43/h5-11,20-21,25-26,32,39H,4,12-19H2,1-3H3,(H,33,35)(H,34,40). The molecule has 15 heteroatoms. The van der Waals surface area contributed by atoms with Crippen molar-refractivity contribution in [1.29, 1.82) is 0 Å². The van der Waals surface area contributed by atoms with Crippen molar-refractivity contribution in [3.8, 4) is 5.69 Å². The molecule has 4 rings (SSSR count). The molecule has 3 atom stereocenters. The third-order valence-corrected chi connectivity index (χ3v) is 7.75. The number of ether oxygens (including phenoxy) is 4. The van der Waals surface area contributed by atoms with Gasteiger partial charge in [0, 0.05) is 62.5 Å². The Balaban J connectivity index is 1.56. The van der Waals surface area contributed by atoms with Gasteiger partial charge in [0.15, 0.2) is 5.76 Å². The molecule has 1 aliphatic rings. The molecule has 3 unspecified atom stereocenters. The average molecular weight is 655 g/mol. The normalized spacial score (nSPS) is 17.5. The number of nitrogens with zero attached hydrogens (tertiary/aromatic N) is 4. The van der Waals surface area contributed by atoms with Gasteiger partial charge in [0.2, 0.25) is 6.29 Å². The van der Waals surface area contributed by atoms with Crippen LogP contribution in [0.2, 0.25) is 0 Å². The van der Waals surface area contributed by atoms with Crippen molar-refractivity contribution in [3.05, 3.63) is 92.2 Å². The predicted molar refractivity (Wildman–Crippen MR) is 172 cm³/mol. The average Bonchev–Trinajstić information content (AvgIpc) is 3.30. The first-order valence-electron chi connectivity index (χ1n) is 15.5. The molecule has 3 heterocycles. The Morgan fingerprint density at radius 1 is 1.11 bits per heavy atom. The van der Waals surface area contributed by atoms with E-state index in [0.717, 1.165) is 11.9 Å². The maximum Gasteiger partial charge on any atom is 0.287 e. The molecule has 15 nitrogen and oxygen atoms in total. The van der Waals surface area contributed by atoms with E-state index in [1.165, 1.54) is 12.1 Å². The highest BCUT2D eigenvalue weighted by Crippen LogP contribution is 2.39. The molecular weight excluding hydrogens is 612 g/mol. The molecule has 0 saturated heterocycles. The number of aliphatic hydroxyl groups excluding tert-OH is 1. The van der Waals surface area contributed by atoms with Crippen molar-refractivity contribution in [2.75, 3.05) is 58.0 Å². The summed E-state index contributed by atoms with van der Waals surface area (Å²) in [5.74, 6) is -0.927. The van der Waals surface area contributed by atoms with E-state index in [2.05, 4.69) is 15.6 Å². The van der Waals surface area contributed by atoms with Crippen LogP contribution in [0, 0.1) is 23.0 Å². The molecule has 0 bridgehead atoms. The van der Waals surface area contributed by atoms with E-state index in [1.807, 2.05) is 51.2 Å². The molecule has 2 aromatic heterocycles. The Hall–Kier alpha value is -4.57. The first-order valence-corrected chi connectivity index (χ1v) is 15.5. The first-order chi connectivity index (χ1) is 22.8. The minimum Gasteiger partial charge on any atom is -0.459 e. The van der Waals surface area contributed by atoms with Crippen LogP contribution in [0.3, 0.4) is 0 Å². The number of benzene rings is 1. The van der Waals surface area contributed by atoms with E-state index in [9.17, 15) is 19.7 Å². The smallest absolute Gasteiger partial charge is 0.287 e. The van der Waals surface area contributed by atoms with Crippen LogP contribution in [0.5, 0.6) is 0 Å². The van der Waals surface area contributed by atoms with E-state index in [1.54, 1.807) is 15.4 Å². The molecule has 0 aliphatic carbocycles. The molecule has 0 spiro atoms. The van der Waals surface area contributed by atoms with Gasteiger partial charge in [-0.1, -0.05) is 18.2 Å². The summed E-state index contributed by atoms with van der Waals surface area (Å²) in [5, 5.41) is 25.6. The fourth-order valence-corrected chi connectivity index (χ4v) is 5.40. The fraction of sp³-hybridized carbons (Fsp3) is 0.469. The molecule has 0 radical (unpaired) electrons. The number of carbonyl (C=O) groups excluding carboxylic acids is 1. The maximum absolute atomic E-state index is 14.1. The van der Waals surface area contributed by atoms with E-state index >= 15 is 0 Å². The van der Waals surface area contributed by atoms with Crippen molar-refractivity contribution in [2.24, 2.45) is 13.0 Å². The zero-order chi connectivity index (χ0) is 33.8. The minimum atomic E-state index is -0.836. The highest BCUT2D eigenvalue weighted by Gasteiger charge is 2.41. The second-order valence-corrected chi connectivity index (χ2v) is 10.7. The number of nitrogens with one attached hydrogen (secondary N) is 2. The molecule has 1 aliphatic heterocycles. The SMILES string of the molecule is CCOC1OC(C(=O)NCCNc2ccc([N+](=O)[O-])cn2)=CC(c2c(C)n(C)n(-c3ccccc3)c2=O)C1CCOCCOCCO. The molecule has 0 fully saturated rings. The summed E-state index contributed by atoms with van der Waals surface area (Å²) in [6, 6.07) is 12.2. The van der Waals surface area contributed by atoms with Crippen molar-refractivity contribution >= 4 is 17.4 Å². The maximum atomic E-state index is 14.1. The lowest BCUT2D eigenvalue weighted by Crippen LogP contribution is -2.41. The molecule has 3 N–H and O–H groups in total. The third kappa shape index (κ3) is 9.04. The quantitative estimate of drug-likeness (QED) is 0.104. The number of hydrogen-bond donors (Lipinski definition) is 3. The Labute approximate surface area is 272 Å². The Morgan fingerprint density at radius 3 is 2.51 bits per heavy atom. The number of anilines is 1. The zero-order valence-corrected chi connectivity index (χ0v) is 26.8. The lowest BCUT2D eigenvalue weighted by Gasteiger charge is -2.36. The summed E-state index contributed by atoms with van der Waals surface area (Å²) >= 11 is 0. The Kier molecular flexibility index (Phi) is 13.0. The second kappa shape index (κ2) is 17.4. The summed E-state index contributed by atoms with van der Waals surface area (Å²) in [6.07, 6.45) is 2.46. The summed E-state index contributed by atoms with van der Waals surface area (Å²) in [6.45, 7) is 5.66. The van der Waals surface area contributed by atoms with Crippen LogP contribution in [0.1, 0.15) is 30.5 Å². The summed E-state index contributed by atoms with van der Waals surface area (Å²) in [4.78, 5) is 41.8. The molecule has 1 amide bonds. The van der Waals surface area contributed by atoms with Gasteiger partial charge in [-0.15, -0.1) is 0 Å². The van der Waals surface area contributed by atoms with E-state index < -0.39 is 23.0 Å². The van der Waals surface area contributed by atoms with Crippen LogP contribution in [-0.4, -0.2) is 89.3 Å². The van der Waals surface area contributed by atoms with Crippen LogP contribution >= 0.6 is 0 Å². The number of pyridine rings is 1. The van der Waals surface area contributed by atoms with Gasteiger partial charge < -0.3 is 34.7 Å². The molecule has 47 heavy (non-hydrogen) atoms. The largest absolute Gasteiger partial charge is 0.459 e. The minimum absolute atomic E-state index is 0.0328.